The lowest BCUT2D eigenvalue weighted by Gasteiger charge is -2.46. The SMILES string of the molecule is CC1(N(C2CCCC(N(C3(C)CO3)C3(C)CO3)C2)C2(C)CO2)CO1. The minimum Gasteiger partial charge on any atom is -0.354 e. The normalized spacial score (nSPS) is 55.8. The van der Waals surface area contributed by atoms with Gasteiger partial charge >= 0.3 is 0 Å². The molecule has 0 amide bonds. The summed E-state index contributed by atoms with van der Waals surface area (Å²) in [6.45, 7) is 12.1. The zero-order valence-corrected chi connectivity index (χ0v) is 15.3. The lowest BCUT2D eigenvalue weighted by atomic mass is 9.86. The van der Waals surface area contributed by atoms with Gasteiger partial charge in [-0.25, -0.2) is 9.80 Å². The van der Waals surface area contributed by atoms with Gasteiger partial charge in [0.2, 0.25) is 0 Å². The maximum atomic E-state index is 5.82. The Bertz CT molecular complexity index is 455. The third-order valence-corrected chi connectivity index (χ3v) is 6.64. The van der Waals surface area contributed by atoms with Crippen molar-refractivity contribution >= 4 is 0 Å². The van der Waals surface area contributed by atoms with E-state index in [-0.39, 0.29) is 22.9 Å². The van der Waals surface area contributed by atoms with E-state index in [1.807, 2.05) is 0 Å². The van der Waals surface area contributed by atoms with Crippen molar-refractivity contribution in [2.24, 2.45) is 0 Å². The highest BCUT2D eigenvalue weighted by Gasteiger charge is 2.64. The van der Waals surface area contributed by atoms with Crippen LogP contribution in [0.4, 0.5) is 0 Å². The van der Waals surface area contributed by atoms with Crippen LogP contribution in [0.2, 0.25) is 0 Å². The first-order valence-electron chi connectivity index (χ1n) is 9.43. The van der Waals surface area contributed by atoms with Gasteiger partial charge in [-0.2, -0.15) is 0 Å². The highest BCUT2D eigenvalue weighted by atomic mass is 16.7. The number of rotatable bonds is 6. The molecule has 0 bridgehead atoms. The molecule has 5 rings (SSSR count). The molecule has 4 aliphatic heterocycles. The van der Waals surface area contributed by atoms with E-state index in [0.29, 0.717) is 12.1 Å². The van der Waals surface area contributed by atoms with Crippen molar-refractivity contribution in [1.29, 1.82) is 0 Å². The first kappa shape index (κ1) is 16.0. The standard InChI is InChI=1S/C18H30N2O4/c1-15(9-21-15)19(16(2)10-22-16)13-6-5-7-14(8-13)20(17(3)11-23-17)18(4)12-24-18/h13-14H,5-12H2,1-4H3. The monoisotopic (exact) mass is 338 g/mol. The van der Waals surface area contributed by atoms with E-state index in [1.54, 1.807) is 0 Å². The lowest BCUT2D eigenvalue weighted by Crippen LogP contribution is -2.58. The minimum absolute atomic E-state index is 0.136. The van der Waals surface area contributed by atoms with Crippen LogP contribution in [0, 0.1) is 0 Å². The van der Waals surface area contributed by atoms with Crippen LogP contribution in [0.25, 0.3) is 0 Å². The molecule has 6 heteroatoms. The van der Waals surface area contributed by atoms with Gasteiger partial charge in [-0.15, -0.1) is 0 Å². The van der Waals surface area contributed by atoms with Crippen molar-refractivity contribution in [2.45, 2.75) is 88.4 Å². The molecule has 4 heterocycles. The van der Waals surface area contributed by atoms with Crippen LogP contribution in [0.1, 0.15) is 53.4 Å². The summed E-state index contributed by atoms with van der Waals surface area (Å²) in [5.41, 5.74) is -0.545. The summed E-state index contributed by atoms with van der Waals surface area (Å²) in [4.78, 5) is 5.05. The molecule has 0 aromatic carbocycles. The Morgan fingerprint density at radius 2 is 0.917 bits per heavy atom. The molecular weight excluding hydrogens is 308 g/mol. The van der Waals surface area contributed by atoms with Gasteiger partial charge in [0.25, 0.3) is 0 Å². The largest absolute Gasteiger partial charge is 0.354 e. The summed E-state index contributed by atoms with van der Waals surface area (Å²) in [6, 6.07) is 0.992. The minimum atomic E-state index is -0.136. The van der Waals surface area contributed by atoms with Crippen LogP contribution in [0.5, 0.6) is 0 Å². The molecule has 1 saturated carbocycles. The van der Waals surface area contributed by atoms with E-state index in [1.165, 1.54) is 19.3 Å². The molecule has 0 N–H and O–H groups in total. The Kier molecular flexibility index (Phi) is 3.14. The van der Waals surface area contributed by atoms with Crippen LogP contribution in [-0.4, -0.2) is 71.2 Å². The quantitative estimate of drug-likeness (QED) is 0.690. The Morgan fingerprint density at radius 1 is 0.625 bits per heavy atom. The highest BCUT2D eigenvalue weighted by molar-refractivity contribution is 5.07. The zero-order chi connectivity index (χ0) is 16.8. The van der Waals surface area contributed by atoms with Gasteiger partial charge in [0.05, 0.1) is 26.4 Å². The highest BCUT2D eigenvalue weighted by Crippen LogP contribution is 2.50. The fourth-order valence-corrected chi connectivity index (χ4v) is 5.13. The van der Waals surface area contributed by atoms with E-state index >= 15 is 0 Å². The van der Waals surface area contributed by atoms with E-state index in [9.17, 15) is 0 Å². The number of hydrogen-bond acceptors (Lipinski definition) is 6. The maximum absolute atomic E-state index is 5.82. The van der Waals surface area contributed by atoms with Gasteiger partial charge in [0.1, 0.15) is 22.9 Å². The molecule has 0 aromatic heterocycles. The Hall–Kier alpha value is -0.240. The first-order chi connectivity index (χ1) is 11.3. The Labute approximate surface area is 144 Å². The van der Waals surface area contributed by atoms with Crippen molar-refractivity contribution in [3.05, 3.63) is 0 Å². The molecule has 5 aliphatic rings. The molecular formula is C18H30N2O4. The maximum Gasteiger partial charge on any atom is 0.145 e. The van der Waals surface area contributed by atoms with E-state index in [2.05, 4.69) is 37.5 Å². The summed E-state index contributed by atoms with van der Waals surface area (Å²) in [5, 5.41) is 0. The summed E-state index contributed by atoms with van der Waals surface area (Å²) in [7, 11) is 0. The predicted octanol–water partition coefficient (Wildman–Crippen LogP) is 1.89. The first-order valence-corrected chi connectivity index (χ1v) is 9.43. The van der Waals surface area contributed by atoms with Crippen molar-refractivity contribution in [1.82, 2.24) is 9.80 Å². The van der Waals surface area contributed by atoms with Crippen molar-refractivity contribution in [3.8, 4) is 0 Å². The summed E-state index contributed by atoms with van der Waals surface area (Å²) in [5.74, 6) is 0. The van der Waals surface area contributed by atoms with Gasteiger partial charge in [-0.3, -0.25) is 0 Å². The van der Waals surface area contributed by atoms with Crippen molar-refractivity contribution < 1.29 is 18.9 Å². The molecule has 6 atom stereocenters. The molecule has 6 unspecified atom stereocenters. The summed E-state index contributed by atoms with van der Waals surface area (Å²) in [6.07, 6.45) is 4.81. The van der Waals surface area contributed by atoms with E-state index < -0.39 is 0 Å². The van der Waals surface area contributed by atoms with Crippen LogP contribution < -0.4 is 0 Å². The molecule has 0 aromatic rings. The summed E-state index contributed by atoms with van der Waals surface area (Å²) < 4.78 is 23.3. The summed E-state index contributed by atoms with van der Waals surface area (Å²) >= 11 is 0. The van der Waals surface area contributed by atoms with Crippen molar-refractivity contribution in [2.75, 3.05) is 26.4 Å². The molecule has 5 fully saturated rings. The fraction of sp³-hybridized carbons (Fsp3) is 1.00. The van der Waals surface area contributed by atoms with Crippen LogP contribution in [-0.2, 0) is 18.9 Å². The lowest BCUT2D eigenvalue weighted by molar-refractivity contribution is -0.0907. The molecule has 24 heavy (non-hydrogen) atoms. The number of epoxide rings is 4. The molecule has 0 radical (unpaired) electrons. The number of nitrogens with zero attached hydrogens (tertiary/aromatic N) is 2. The van der Waals surface area contributed by atoms with Gasteiger partial charge in [-0.05, 0) is 47.0 Å². The van der Waals surface area contributed by atoms with Crippen LogP contribution in [0.3, 0.4) is 0 Å². The van der Waals surface area contributed by atoms with E-state index in [0.717, 1.165) is 32.8 Å². The number of hydrogen-bond donors (Lipinski definition) is 0. The van der Waals surface area contributed by atoms with Gasteiger partial charge in [0.15, 0.2) is 0 Å². The molecule has 136 valence electrons. The number of ether oxygens (including phenoxy) is 4. The molecule has 4 saturated heterocycles. The molecule has 1 aliphatic carbocycles. The second-order valence-corrected chi connectivity index (χ2v) is 9.07. The third kappa shape index (κ3) is 2.46. The van der Waals surface area contributed by atoms with Gasteiger partial charge in [0, 0.05) is 12.1 Å². The van der Waals surface area contributed by atoms with Crippen LogP contribution >= 0.6 is 0 Å². The molecule has 6 nitrogen and oxygen atoms in total. The predicted molar refractivity (Wildman–Crippen MR) is 87.2 cm³/mol. The Morgan fingerprint density at radius 3 is 1.17 bits per heavy atom. The average molecular weight is 338 g/mol. The zero-order valence-electron chi connectivity index (χ0n) is 15.3. The molecule has 0 spiro atoms. The average Bonchev–Trinajstić information content (AvgIpc) is 3.28. The van der Waals surface area contributed by atoms with Gasteiger partial charge in [-0.1, -0.05) is 6.42 Å². The fourth-order valence-electron chi connectivity index (χ4n) is 5.13. The second kappa shape index (κ2) is 4.72. The smallest absolute Gasteiger partial charge is 0.145 e. The van der Waals surface area contributed by atoms with Gasteiger partial charge < -0.3 is 18.9 Å². The Balaban J connectivity index is 1.38. The van der Waals surface area contributed by atoms with E-state index in [4.69, 9.17) is 18.9 Å². The van der Waals surface area contributed by atoms with Crippen LogP contribution in [0.15, 0.2) is 0 Å². The second-order valence-electron chi connectivity index (χ2n) is 9.07. The van der Waals surface area contributed by atoms with Crippen molar-refractivity contribution in [3.63, 3.8) is 0 Å². The third-order valence-electron chi connectivity index (χ3n) is 6.64. The topological polar surface area (TPSA) is 56.6 Å².